The fourth-order valence-corrected chi connectivity index (χ4v) is 5.67. The van der Waals surface area contributed by atoms with E-state index in [9.17, 15) is 13.2 Å². The molecule has 0 radical (unpaired) electrons. The number of amides is 1. The Morgan fingerprint density at radius 3 is 2.61 bits per heavy atom. The number of rotatable bonds is 9. The molecule has 1 aliphatic rings. The van der Waals surface area contributed by atoms with Crippen LogP contribution in [0.15, 0.2) is 53.7 Å². The Kier molecular flexibility index (Phi) is 7.03. The van der Waals surface area contributed by atoms with Crippen molar-refractivity contribution in [1.82, 2.24) is 24.1 Å². The van der Waals surface area contributed by atoms with Crippen LogP contribution in [0, 0.1) is 0 Å². The maximum absolute atomic E-state index is 13.4. The maximum atomic E-state index is 13.4. The summed E-state index contributed by atoms with van der Waals surface area (Å²) in [7, 11) is -3.96. The normalized spacial score (nSPS) is 16.3. The minimum atomic E-state index is -3.96. The molecule has 3 heterocycles. The predicted octanol–water partition coefficient (Wildman–Crippen LogP) is 0.425. The third kappa shape index (κ3) is 5.22. The quantitative estimate of drug-likeness (QED) is 0.355. The van der Waals surface area contributed by atoms with Gasteiger partial charge in [0.2, 0.25) is 15.9 Å². The van der Waals surface area contributed by atoms with Crippen LogP contribution in [0.5, 0.6) is 0 Å². The second-order valence-corrected chi connectivity index (χ2v) is 9.86. The number of aliphatic hydroxyl groups is 1. The van der Waals surface area contributed by atoms with Gasteiger partial charge in [0.25, 0.3) is 0 Å². The Balaban J connectivity index is 1.55. The lowest BCUT2D eigenvalue weighted by atomic mass is 10.1. The number of carbonyl (C=O) groups is 1. The molecule has 2 aromatic heterocycles. The number of nitrogens with two attached hydrogens (primary N) is 1. The van der Waals surface area contributed by atoms with Gasteiger partial charge in [-0.15, -0.1) is 0 Å². The standard InChI is InChI=1S/C22H30N6O4S/c23-21-5-2-9-27(21)10-7-19(22(30)28-13-11-26(12-14-28)15-16-29)25-33(31,32)20-4-1-3-18-17(20)6-8-24-18/h1-6,8-9,19,24-25,29H,7,10-16,23H2. The lowest BCUT2D eigenvalue weighted by Crippen LogP contribution is -2.55. The third-order valence-corrected chi connectivity index (χ3v) is 7.59. The van der Waals surface area contributed by atoms with Crippen LogP contribution in [0.1, 0.15) is 6.42 Å². The summed E-state index contributed by atoms with van der Waals surface area (Å²) in [6.07, 6.45) is 3.75. The molecular formula is C22H30N6O4S. The van der Waals surface area contributed by atoms with Crippen molar-refractivity contribution in [2.45, 2.75) is 23.9 Å². The van der Waals surface area contributed by atoms with Crippen LogP contribution < -0.4 is 10.5 Å². The van der Waals surface area contributed by atoms with Crippen molar-refractivity contribution in [3.8, 4) is 0 Å². The highest BCUT2D eigenvalue weighted by atomic mass is 32.2. The third-order valence-electron chi connectivity index (χ3n) is 6.06. The number of nitrogens with zero attached hydrogens (tertiary/aromatic N) is 3. The molecule has 1 fully saturated rings. The molecule has 0 aliphatic carbocycles. The molecule has 1 saturated heterocycles. The zero-order chi connectivity index (χ0) is 23.4. The molecule has 178 valence electrons. The van der Waals surface area contributed by atoms with Crippen molar-refractivity contribution < 1.29 is 18.3 Å². The number of fused-ring (bicyclic) bond motifs is 1. The van der Waals surface area contributed by atoms with Gasteiger partial charge < -0.3 is 25.3 Å². The molecule has 11 heteroatoms. The summed E-state index contributed by atoms with van der Waals surface area (Å²) in [5, 5.41) is 9.72. The van der Waals surface area contributed by atoms with Gasteiger partial charge in [0.15, 0.2) is 0 Å². The summed E-state index contributed by atoms with van der Waals surface area (Å²) >= 11 is 0. The summed E-state index contributed by atoms with van der Waals surface area (Å²) in [5.41, 5.74) is 6.67. The summed E-state index contributed by atoms with van der Waals surface area (Å²) in [4.78, 5) is 20.3. The van der Waals surface area contributed by atoms with Crippen LogP contribution >= 0.6 is 0 Å². The number of anilines is 1. The average molecular weight is 475 g/mol. The SMILES string of the molecule is Nc1cccn1CCC(NS(=O)(=O)c1cccc2[nH]ccc12)C(=O)N1CCN(CCO)CC1. The molecule has 1 atom stereocenters. The van der Waals surface area contributed by atoms with Crippen LogP contribution in [0.4, 0.5) is 5.82 Å². The smallest absolute Gasteiger partial charge is 0.241 e. The largest absolute Gasteiger partial charge is 0.395 e. The number of hydrogen-bond donors (Lipinski definition) is 4. The number of carbonyl (C=O) groups excluding carboxylic acids is 1. The molecule has 10 nitrogen and oxygen atoms in total. The number of aromatic amines is 1. The number of H-pyrrole nitrogens is 1. The summed E-state index contributed by atoms with van der Waals surface area (Å²) in [6, 6.07) is 9.36. The molecule has 0 bridgehead atoms. The number of aromatic nitrogens is 2. The highest BCUT2D eigenvalue weighted by molar-refractivity contribution is 7.89. The van der Waals surface area contributed by atoms with Crippen molar-refractivity contribution in [2.24, 2.45) is 0 Å². The average Bonchev–Trinajstić information content (AvgIpc) is 3.45. The lowest BCUT2D eigenvalue weighted by molar-refractivity contribution is -0.135. The first-order chi connectivity index (χ1) is 15.9. The molecule has 33 heavy (non-hydrogen) atoms. The summed E-state index contributed by atoms with van der Waals surface area (Å²) in [6.45, 7) is 3.27. The topological polar surface area (TPSA) is 137 Å². The van der Waals surface area contributed by atoms with Gasteiger partial charge in [-0.05, 0) is 36.8 Å². The van der Waals surface area contributed by atoms with Crippen molar-refractivity contribution in [3.05, 3.63) is 48.8 Å². The Morgan fingerprint density at radius 2 is 1.91 bits per heavy atom. The number of nitrogens with one attached hydrogen (secondary N) is 2. The van der Waals surface area contributed by atoms with E-state index in [1.807, 2.05) is 6.07 Å². The van der Waals surface area contributed by atoms with E-state index in [4.69, 9.17) is 10.8 Å². The van der Waals surface area contributed by atoms with Crippen LogP contribution in [0.3, 0.4) is 0 Å². The molecule has 3 aromatic rings. The molecule has 4 rings (SSSR count). The lowest BCUT2D eigenvalue weighted by Gasteiger charge is -2.36. The van der Waals surface area contributed by atoms with Crippen molar-refractivity contribution in [2.75, 3.05) is 45.1 Å². The molecule has 1 unspecified atom stereocenters. The number of sulfonamides is 1. The Labute approximate surface area is 193 Å². The van der Waals surface area contributed by atoms with Gasteiger partial charge in [0.05, 0.1) is 11.5 Å². The van der Waals surface area contributed by atoms with E-state index in [1.54, 1.807) is 46.1 Å². The maximum Gasteiger partial charge on any atom is 0.241 e. The molecule has 1 aromatic carbocycles. The zero-order valence-corrected chi connectivity index (χ0v) is 19.2. The summed E-state index contributed by atoms with van der Waals surface area (Å²) < 4.78 is 31.1. The minimum absolute atomic E-state index is 0.0688. The molecular weight excluding hydrogens is 444 g/mol. The number of β-amino-alcohol motifs (C(OH)–C–C–N with tert-alkyl or cyclic N) is 1. The van der Waals surface area contributed by atoms with Gasteiger partial charge in [-0.2, -0.15) is 4.72 Å². The molecule has 0 saturated carbocycles. The van der Waals surface area contributed by atoms with Gasteiger partial charge >= 0.3 is 0 Å². The van der Waals surface area contributed by atoms with E-state index < -0.39 is 16.1 Å². The van der Waals surface area contributed by atoms with Gasteiger partial charge in [-0.3, -0.25) is 9.69 Å². The van der Waals surface area contributed by atoms with Gasteiger partial charge in [-0.25, -0.2) is 8.42 Å². The first-order valence-electron chi connectivity index (χ1n) is 11.0. The first kappa shape index (κ1) is 23.3. The fourth-order valence-electron chi connectivity index (χ4n) is 4.23. The van der Waals surface area contributed by atoms with E-state index >= 15 is 0 Å². The van der Waals surface area contributed by atoms with Crippen LogP contribution in [-0.2, 0) is 21.4 Å². The number of benzene rings is 1. The highest BCUT2D eigenvalue weighted by Gasteiger charge is 2.31. The van der Waals surface area contributed by atoms with Crippen molar-refractivity contribution in [1.29, 1.82) is 0 Å². The van der Waals surface area contributed by atoms with Crippen LogP contribution in [0.2, 0.25) is 0 Å². The number of aryl methyl sites for hydroxylation is 1. The second-order valence-electron chi connectivity index (χ2n) is 8.17. The van der Waals surface area contributed by atoms with E-state index in [0.717, 1.165) is 0 Å². The van der Waals surface area contributed by atoms with Crippen molar-refractivity contribution in [3.63, 3.8) is 0 Å². The van der Waals surface area contributed by atoms with Gasteiger partial charge in [0, 0.05) is 62.6 Å². The van der Waals surface area contributed by atoms with E-state index in [0.29, 0.717) is 56.0 Å². The minimum Gasteiger partial charge on any atom is -0.395 e. The number of nitrogen functional groups attached to an aromatic ring is 1. The second kappa shape index (κ2) is 9.96. The number of hydrogen-bond acceptors (Lipinski definition) is 6. The van der Waals surface area contributed by atoms with E-state index in [-0.39, 0.29) is 23.8 Å². The fraction of sp³-hybridized carbons (Fsp3) is 0.409. The van der Waals surface area contributed by atoms with Crippen molar-refractivity contribution >= 4 is 32.7 Å². The Hall–Kier alpha value is -2.86. The number of aliphatic hydroxyl groups excluding tert-OH is 1. The molecule has 1 amide bonds. The summed E-state index contributed by atoms with van der Waals surface area (Å²) in [5.74, 6) is 0.299. The Bertz CT molecular complexity index is 1200. The molecule has 1 aliphatic heterocycles. The monoisotopic (exact) mass is 474 g/mol. The Morgan fingerprint density at radius 1 is 1.12 bits per heavy atom. The highest BCUT2D eigenvalue weighted by Crippen LogP contribution is 2.23. The van der Waals surface area contributed by atoms with Gasteiger partial charge in [0.1, 0.15) is 11.9 Å². The van der Waals surface area contributed by atoms with E-state index in [1.165, 1.54) is 6.07 Å². The predicted molar refractivity (Wildman–Crippen MR) is 126 cm³/mol. The van der Waals surface area contributed by atoms with Crippen LogP contribution in [-0.4, -0.2) is 84.2 Å². The molecule has 5 N–H and O–H groups in total. The van der Waals surface area contributed by atoms with E-state index in [2.05, 4.69) is 14.6 Å². The number of piperazine rings is 1. The molecule has 0 spiro atoms. The van der Waals surface area contributed by atoms with Gasteiger partial charge in [-0.1, -0.05) is 6.07 Å². The van der Waals surface area contributed by atoms with Crippen LogP contribution in [0.25, 0.3) is 10.9 Å². The zero-order valence-electron chi connectivity index (χ0n) is 18.4. The first-order valence-corrected chi connectivity index (χ1v) is 12.5.